The van der Waals surface area contributed by atoms with E-state index in [-0.39, 0.29) is 5.75 Å². The molecule has 0 fully saturated rings. The van der Waals surface area contributed by atoms with Crippen LogP contribution in [0.4, 0.5) is 5.82 Å². The highest BCUT2D eigenvalue weighted by Crippen LogP contribution is 2.28. The zero-order chi connectivity index (χ0) is 14.7. The largest absolute Gasteiger partial charge is 0.508 e. The fourth-order valence-corrected chi connectivity index (χ4v) is 2.97. The minimum atomic E-state index is 0.274. The zero-order valence-electron chi connectivity index (χ0n) is 11.3. The second-order valence-corrected chi connectivity index (χ2v) is 5.66. The normalized spacial score (nSPS) is 10.7. The number of nitrogens with one attached hydrogen (secondary N) is 1. The molecule has 0 aliphatic carbocycles. The van der Waals surface area contributed by atoms with Crippen LogP contribution in [0, 0.1) is 0 Å². The minimum absolute atomic E-state index is 0.274. The van der Waals surface area contributed by atoms with Crippen molar-refractivity contribution in [3.8, 4) is 5.75 Å². The topological polar surface area (TPSA) is 71.2 Å². The molecule has 1 heterocycles. The van der Waals surface area contributed by atoms with Gasteiger partial charge in [-0.3, -0.25) is 0 Å². The van der Waals surface area contributed by atoms with Crippen LogP contribution in [0.3, 0.4) is 0 Å². The summed E-state index contributed by atoms with van der Waals surface area (Å²) in [5, 5.41) is 10.4. The number of aromatic nitrogens is 1. The maximum atomic E-state index is 9.30. The quantitative estimate of drug-likeness (QED) is 0.390. The lowest BCUT2D eigenvalue weighted by Gasteiger charge is -2.10. The maximum absolute atomic E-state index is 9.30. The number of pyridine rings is 1. The van der Waals surface area contributed by atoms with Gasteiger partial charge in [0.05, 0.1) is 5.52 Å². The Morgan fingerprint density at radius 2 is 1.86 bits per heavy atom. The number of anilines is 1. The fraction of sp³-hybridized carbons (Fsp3) is 0.0625. The highest BCUT2D eigenvalue weighted by molar-refractivity contribution is 7.98. The number of benzene rings is 2. The van der Waals surface area contributed by atoms with E-state index in [2.05, 4.69) is 16.5 Å². The monoisotopic (exact) mass is 297 g/mol. The number of nitrogens with two attached hydrogens (primary N) is 1. The Balaban J connectivity index is 1.86. The molecule has 3 rings (SSSR count). The molecule has 1 aromatic heterocycles. The molecule has 0 saturated heterocycles. The third-order valence-corrected chi connectivity index (χ3v) is 4.23. The molecule has 0 radical (unpaired) electrons. The Hall–Kier alpha value is -2.24. The molecule has 0 unspecified atom stereocenters. The molecular weight excluding hydrogens is 282 g/mol. The molecule has 4 nitrogen and oxygen atoms in total. The van der Waals surface area contributed by atoms with E-state index in [9.17, 15) is 5.11 Å². The number of hydrazine groups is 1. The van der Waals surface area contributed by atoms with Crippen LogP contribution in [0.1, 0.15) is 5.56 Å². The van der Waals surface area contributed by atoms with Crippen molar-refractivity contribution in [1.82, 2.24) is 4.98 Å². The van der Waals surface area contributed by atoms with Gasteiger partial charge in [-0.05, 0) is 36.4 Å². The van der Waals surface area contributed by atoms with Gasteiger partial charge < -0.3 is 10.5 Å². The van der Waals surface area contributed by atoms with Crippen LogP contribution in [0.15, 0.2) is 59.5 Å². The molecule has 0 amide bonds. The van der Waals surface area contributed by atoms with Crippen LogP contribution in [-0.2, 0) is 5.75 Å². The van der Waals surface area contributed by atoms with Crippen LogP contribution in [-0.4, -0.2) is 10.1 Å². The zero-order valence-corrected chi connectivity index (χ0v) is 12.1. The van der Waals surface area contributed by atoms with Gasteiger partial charge in [0.15, 0.2) is 0 Å². The van der Waals surface area contributed by atoms with Crippen molar-refractivity contribution in [3.63, 3.8) is 0 Å². The first-order valence-electron chi connectivity index (χ1n) is 6.53. The summed E-state index contributed by atoms with van der Waals surface area (Å²) >= 11 is 1.67. The van der Waals surface area contributed by atoms with Gasteiger partial charge in [-0.15, -0.1) is 11.8 Å². The molecule has 3 aromatic rings. The summed E-state index contributed by atoms with van der Waals surface area (Å²) in [4.78, 5) is 5.62. The van der Waals surface area contributed by atoms with Gasteiger partial charge in [-0.1, -0.05) is 18.2 Å². The van der Waals surface area contributed by atoms with E-state index < -0.39 is 0 Å². The number of para-hydroxylation sites is 1. The third-order valence-electron chi connectivity index (χ3n) is 3.17. The number of aromatic hydroxyl groups is 1. The van der Waals surface area contributed by atoms with E-state index in [4.69, 9.17) is 5.84 Å². The maximum Gasteiger partial charge on any atom is 0.144 e. The first kappa shape index (κ1) is 13.7. The lowest BCUT2D eigenvalue weighted by Crippen LogP contribution is -2.11. The highest BCUT2D eigenvalue weighted by Gasteiger charge is 2.06. The molecule has 0 atom stereocenters. The average molecular weight is 297 g/mol. The van der Waals surface area contributed by atoms with Crippen LogP contribution in [0.5, 0.6) is 5.75 Å². The summed E-state index contributed by atoms with van der Waals surface area (Å²) in [6.45, 7) is 0. The van der Waals surface area contributed by atoms with Crippen molar-refractivity contribution >= 4 is 28.5 Å². The standard InChI is InChI=1S/C16H15N3OS/c17-19-16-12(9-11-3-1-2-4-15(11)18-16)10-21-14-7-5-13(20)6-8-14/h1-9,20H,10,17H2,(H,18,19). The van der Waals surface area contributed by atoms with Crippen LogP contribution < -0.4 is 11.3 Å². The van der Waals surface area contributed by atoms with Crippen molar-refractivity contribution in [2.45, 2.75) is 10.6 Å². The van der Waals surface area contributed by atoms with E-state index in [1.165, 1.54) is 0 Å². The Bertz CT molecular complexity index is 759. The Morgan fingerprint density at radius 3 is 2.62 bits per heavy atom. The number of hydrogen-bond acceptors (Lipinski definition) is 5. The fourth-order valence-electron chi connectivity index (χ4n) is 2.10. The molecule has 0 spiro atoms. The van der Waals surface area contributed by atoms with Crippen molar-refractivity contribution < 1.29 is 5.11 Å². The number of phenols is 1. The van der Waals surface area contributed by atoms with Gasteiger partial charge in [-0.25, -0.2) is 10.8 Å². The molecular formula is C16H15N3OS. The second kappa shape index (κ2) is 6.03. The molecule has 5 heteroatoms. The molecule has 4 N–H and O–H groups in total. The number of phenolic OH excluding ortho intramolecular Hbond substituents is 1. The SMILES string of the molecule is NNc1nc2ccccc2cc1CSc1ccc(O)cc1. The van der Waals surface area contributed by atoms with Gasteiger partial charge >= 0.3 is 0 Å². The van der Waals surface area contributed by atoms with E-state index in [1.54, 1.807) is 23.9 Å². The number of nitrogens with zero attached hydrogens (tertiary/aromatic N) is 1. The Kier molecular flexibility index (Phi) is 3.94. The van der Waals surface area contributed by atoms with Crippen LogP contribution in [0.25, 0.3) is 10.9 Å². The van der Waals surface area contributed by atoms with E-state index in [0.717, 1.165) is 27.1 Å². The molecule has 0 aliphatic heterocycles. The molecule has 0 bridgehead atoms. The smallest absolute Gasteiger partial charge is 0.144 e. The summed E-state index contributed by atoms with van der Waals surface area (Å²) in [7, 11) is 0. The predicted molar refractivity (Wildman–Crippen MR) is 87.2 cm³/mol. The summed E-state index contributed by atoms with van der Waals surface area (Å²) in [6.07, 6.45) is 0. The van der Waals surface area contributed by atoms with Crippen molar-refractivity contribution in [1.29, 1.82) is 0 Å². The molecule has 0 saturated carbocycles. The summed E-state index contributed by atoms with van der Waals surface area (Å²) in [6, 6.07) is 17.2. The van der Waals surface area contributed by atoms with Crippen LogP contribution in [0.2, 0.25) is 0 Å². The number of thioether (sulfide) groups is 1. The Morgan fingerprint density at radius 1 is 1.10 bits per heavy atom. The lowest BCUT2D eigenvalue weighted by molar-refractivity contribution is 0.475. The molecule has 21 heavy (non-hydrogen) atoms. The van der Waals surface area contributed by atoms with Crippen molar-refractivity contribution in [3.05, 3.63) is 60.2 Å². The van der Waals surface area contributed by atoms with Gasteiger partial charge in [0.2, 0.25) is 0 Å². The van der Waals surface area contributed by atoms with Gasteiger partial charge in [0.1, 0.15) is 11.6 Å². The van der Waals surface area contributed by atoms with E-state index >= 15 is 0 Å². The number of fused-ring (bicyclic) bond motifs is 1. The highest BCUT2D eigenvalue weighted by atomic mass is 32.2. The lowest BCUT2D eigenvalue weighted by atomic mass is 10.1. The molecule has 0 aliphatic rings. The van der Waals surface area contributed by atoms with Crippen molar-refractivity contribution in [2.75, 3.05) is 5.43 Å². The molecule has 106 valence electrons. The predicted octanol–water partition coefficient (Wildman–Crippen LogP) is 3.52. The van der Waals surface area contributed by atoms with Gasteiger partial charge in [-0.2, -0.15) is 0 Å². The van der Waals surface area contributed by atoms with Crippen LogP contribution >= 0.6 is 11.8 Å². The van der Waals surface area contributed by atoms with E-state index in [0.29, 0.717) is 5.82 Å². The second-order valence-electron chi connectivity index (χ2n) is 4.62. The van der Waals surface area contributed by atoms with Gasteiger partial charge in [0, 0.05) is 21.6 Å². The summed E-state index contributed by atoms with van der Waals surface area (Å²) in [5.74, 6) is 7.30. The number of nitrogen functional groups attached to an aromatic ring is 1. The first-order chi connectivity index (χ1) is 10.3. The Labute approximate surface area is 127 Å². The number of rotatable bonds is 4. The van der Waals surface area contributed by atoms with Crippen molar-refractivity contribution in [2.24, 2.45) is 5.84 Å². The van der Waals surface area contributed by atoms with Gasteiger partial charge in [0.25, 0.3) is 0 Å². The minimum Gasteiger partial charge on any atom is -0.508 e. The molecule has 2 aromatic carbocycles. The summed E-state index contributed by atoms with van der Waals surface area (Å²) < 4.78 is 0. The third kappa shape index (κ3) is 3.09. The van der Waals surface area contributed by atoms with E-state index in [1.807, 2.05) is 36.4 Å². The summed E-state index contributed by atoms with van der Waals surface area (Å²) in [5.41, 5.74) is 4.64. The first-order valence-corrected chi connectivity index (χ1v) is 7.52. The number of hydrogen-bond donors (Lipinski definition) is 3. The average Bonchev–Trinajstić information content (AvgIpc) is 2.53.